The highest BCUT2D eigenvalue weighted by Gasteiger charge is 2.32. The van der Waals surface area contributed by atoms with Gasteiger partial charge in [0.25, 0.3) is 5.91 Å². The predicted octanol–water partition coefficient (Wildman–Crippen LogP) is 1.01. The Hall–Kier alpha value is -2.18. The molecule has 4 heterocycles. The summed E-state index contributed by atoms with van der Waals surface area (Å²) in [6.45, 7) is 8.32. The van der Waals surface area contributed by atoms with E-state index in [9.17, 15) is 9.59 Å². The Balaban J connectivity index is 1.81. The highest BCUT2D eigenvalue weighted by molar-refractivity contribution is 5.97. The van der Waals surface area contributed by atoms with Gasteiger partial charge in [-0.3, -0.25) is 19.4 Å². The van der Waals surface area contributed by atoms with Gasteiger partial charge in [0.1, 0.15) is 5.56 Å². The van der Waals surface area contributed by atoms with Gasteiger partial charge in [-0.1, -0.05) is 11.6 Å². The van der Waals surface area contributed by atoms with Gasteiger partial charge >= 0.3 is 0 Å². The zero-order valence-electron chi connectivity index (χ0n) is 15.7. The first-order valence-electron chi connectivity index (χ1n) is 9.26. The Kier molecular flexibility index (Phi) is 4.32. The van der Waals surface area contributed by atoms with E-state index in [2.05, 4.69) is 14.4 Å². The largest absolute Gasteiger partial charge is 0.345 e. The first kappa shape index (κ1) is 17.2. The fraction of sp³-hybridized carbons (Fsp3) is 0.500. The van der Waals surface area contributed by atoms with Gasteiger partial charge in [0, 0.05) is 71.0 Å². The van der Waals surface area contributed by atoms with Gasteiger partial charge in [0.15, 0.2) is 0 Å². The number of piperazine rings is 3. The number of carbonyl (C=O) groups is 1. The molecule has 6 heteroatoms. The van der Waals surface area contributed by atoms with Crippen LogP contribution >= 0.6 is 0 Å². The summed E-state index contributed by atoms with van der Waals surface area (Å²) in [6.07, 6.45) is 1.76. The summed E-state index contributed by atoms with van der Waals surface area (Å²) in [4.78, 5) is 32.0. The van der Waals surface area contributed by atoms with Crippen LogP contribution in [0.5, 0.6) is 0 Å². The van der Waals surface area contributed by atoms with Crippen molar-refractivity contribution in [3.8, 4) is 0 Å². The van der Waals surface area contributed by atoms with Crippen LogP contribution in [0.1, 0.15) is 15.9 Å². The molecule has 0 spiro atoms. The van der Waals surface area contributed by atoms with Crippen molar-refractivity contribution in [3.05, 3.63) is 45.7 Å². The zero-order chi connectivity index (χ0) is 18.4. The number of hydrogen-bond acceptors (Lipinski definition) is 4. The Bertz CT molecular complexity index is 910. The molecule has 5 rings (SSSR count). The van der Waals surface area contributed by atoms with Crippen LogP contribution in [0.2, 0.25) is 0 Å². The lowest BCUT2D eigenvalue weighted by atomic mass is 10.1. The molecule has 1 unspecified atom stereocenters. The number of benzene rings is 1. The van der Waals surface area contributed by atoms with Crippen LogP contribution in [0.4, 0.5) is 0 Å². The second-order valence-electron chi connectivity index (χ2n) is 7.73. The first-order valence-corrected chi connectivity index (χ1v) is 9.26. The van der Waals surface area contributed by atoms with Crippen LogP contribution in [0.15, 0.2) is 29.2 Å². The minimum atomic E-state index is -0.235. The average molecular weight is 354 g/mol. The summed E-state index contributed by atoms with van der Waals surface area (Å²) in [5.41, 5.74) is 2.02. The van der Waals surface area contributed by atoms with E-state index in [0.717, 1.165) is 50.3 Å². The maximum absolute atomic E-state index is 12.9. The lowest BCUT2D eigenvalue weighted by molar-refractivity contribution is 0.00666. The van der Waals surface area contributed by atoms with Gasteiger partial charge in [-0.05, 0) is 19.1 Å². The maximum Gasteiger partial charge on any atom is 0.258 e. The number of aryl methyl sites for hydroxylation is 1. The molecule has 0 saturated carbocycles. The molecule has 0 N–H and O–H groups in total. The number of amides is 1. The van der Waals surface area contributed by atoms with Gasteiger partial charge < -0.3 is 9.47 Å². The number of fused-ring (bicyclic) bond motifs is 4. The lowest BCUT2D eigenvalue weighted by Crippen LogP contribution is -2.61. The molecular formula is C20H26N4O2. The van der Waals surface area contributed by atoms with Crippen molar-refractivity contribution in [2.45, 2.75) is 19.5 Å². The van der Waals surface area contributed by atoms with Gasteiger partial charge in [0.2, 0.25) is 5.43 Å². The molecule has 2 aromatic rings. The van der Waals surface area contributed by atoms with Crippen LogP contribution in [0.25, 0.3) is 10.9 Å². The molecule has 3 saturated heterocycles. The Morgan fingerprint density at radius 1 is 1.19 bits per heavy atom. The minimum Gasteiger partial charge on any atom is -0.345 e. The molecule has 3 aliphatic rings. The molecule has 1 aromatic heterocycles. The molecule has 1 atom stereocenters. The standard InChI is InChI=1S/C20H26N4O2/c1-14-4-5-18-16(10-14)19(25)17(20(26)21(2)3)13-24(18)12-15-11-22-6-8-23(15)9-7-22/h4-5,10,13,15H,6-9,11-12H2,1-3H3. The fourth-order valence-electron chi connectivity index (χ4n) is 4.18. The molecule has 0 aliphatic carbocycles. The molecule has 0 radical (unpaired) electrons. The Morgan fingerprint density at radius 3 is 2.54 bits per heavy atom. The molecular weight excluding hydrogens is 328 g/mol. The second-order valence-corrected chi connectivity index (χ2v) is 7.73. The molecule has 26 heavy (non-hydrogen) atoms. The van der Waals surface area contributed by atoms with E-state index in [-0.39, 0.29) is 16.9 Å². The van der Waals surface area contributed by atoms with E-state index in [0.29, 0.717) is 11.4 Å². The third-order valence-electron chi connectivity index (χ3n) is 5.67. The first-order chi connectivity index (χ1) is 12.4. The summed E-state index contributed by atoms with van der Waals surface area (Å²) < 4.78 is 2.11. The van der Waals surface area contributed by atoms with E-state index in [1.54, 1.807) is 20.3 Å². The summed E-state index contributed by atoms with van der Waals surface area (Å²) in [5.74, 6) is -0.235. The van der Waals surface area contributed by atoms with Crippen molar-refractivity contribution in [1.82, 2.24) is 19.3 Å². The highest BCUT2D eigenvalue weighted by Crippen LogP contribution is 2.20. The smallest absolute Gasteiger partial charge is 0.258 e. The third kappa shape index (κ3) is 2.93. The van der Waals surface area contributed by atoms with Crippen LogP contribution in [0, 0.1) is 6.92 Å². The van der Waals surface area contributed by atoms with Crippen molar-refractivity contribution < 1.29 is 4.79 Å². The fourth-order valence-corrected chi connectivity index (χ4v) is 4.18. The minimum absolute atomic E-state index is 0.173. The van der Waals surface area contributed by atoms with E-state index in [1.807, 2.05) is 25.1 Å². The number of carbonyl (C=O) groups excluding carboxylic acids is 1. The van der Waals surface area contributed by atoms with Crippen molar-refractivity contribution >= 4 is 16.8 Å². The average Bonchev–Trinajstić information content (AvgIpc) is 2.64. The van der Waals surface area contributed by atoms with Gasteiger partial charge in [-0.15, -0.1) is 0 Å². The third-order valence-corrected chi connectivity index (χ3v) is 5.67. The van der Waals surface area contributed by atoms with Crippen molar-refractivity contribution in [3.63, 3.8) is 0 Å². The Labute approximate surface area is 153 Å². The number of pyridine rings is 1. The molecule has 1 aromatic carbocycles. The van der Waals surface area contributed by atoms with Gasteiger partial charge in [-0.2, -0.15) is 0 Å². The number of aromatic nitrogens is 1. The molecule has 2 bridgehead atoms. The normalized spacial score (nSPS) is 24.8. The van der Waals surface area contributed by atoms with Gasteiger partial charge in [-0.25, -0.2) is 0 Å². The van der Waals surface area contributed by atoms with Crippen LogP contribution in [0.3, 0.4) is 0 Å². The molecule has 1 amide bonds. The zero-order valence-corrected chi connectivity index (χ0v) is 15.7. The molecule has 3 fully saturated rings. The van der Waals surface area contributed by atoms with E-state index in [4.69, 9.17) is 0 Å². The SMILES string of the molecule is Cc1ccc2c(c1)c(=O)c(C(=O)N(C)C)cn2CC1CN2CCN1CC2. The summed E-state index contributed by atoms with van der Waals surface area (Å²) in [7, 11) is 3.37. The predicted molar refractivity (Wildman–Crippen MR) is 103 cm³/mol. The quantitative estimate of drug-likeness (QED) is 0.826. The second kappa shape index (κ2) is 6.52. The summed E-state index contributed by atoms with van der Waals surface area (Å²) in [6, 6.07) is 6.36. The van der Waals surface area contributed by atoms with E-state index in [1.165, 1.54) is 4.90 Å². The molecule has 6 nitrogen and oxygen atoms in total. The van der Waals surface area contributed by atoms with Crippen LogP contribution in [-0.4, -0.2) is 78.0 Å². The molecule has 138 valence electrons. The molecule has 3 aliphatic heterocycles. The van der Waals surface area contributed by atoms with E-state index < -0.39 is 0 Å². The van der Waals surface area contributed by atoms with E-state index >= 15 is 0 Å². The highest BCUT2D eigenvalue weighted by atomic mass is 16.2. The van der Waals surface area contributed by atoms with Crippen molar-refractivity contribution in [1.29, 1.82) is 0 Å². The number of hydrogen-bond donors (Lipinski definition) is 0. The van der Waals surface area contributed by atoms with Crippen LogP contribution < -0.4 is 5.43 Å². The maximum atomic E-state index is 12.9. The lowest BCUT2D eigenvalue weighted by Gasteiger charge is -2.47. The van der Waals surface area contributed by atoms with Gasteiger partial charge in [0.05, 0.1) is 5.52 Å². The van der Waals surface area contributed by atoms with Crippen molar-refractivity contribution in [2.75, 3.05) is 46.8 Å². The van der Waals surface area contributed by atoms with Crippen molar-refractivity contribution in [2.24, 2.45) is 0 Å². The topological polar surface area (TPSA) is 48.8 Å². The van der Waals surface area contributed by atoms with Crippen LogP contribution in [-0.2, 0) is 6.54 Å². The monoisotopic (exact) mass is 354 g/mol. The number of rotatable bonds is 3. The Morgan fingerprint density at radius 2 is 1.92 bits per heavy atom. The summed E-state index contributed by atoms with van der Waals surface area (Å²) in [5, 5.41) is 0.633. The number of nitrogens with zero attached hydrogens (tertiary/aromatic N) is 4. The summed E-state index contributed by atoms with van der Waals surface area (Å²) >= 11 is 0.